The Morgan fingerprint density at radius 3 is 2.71 bits per heavy atom. The van der Waals surface area contributed by atoms with Crippen LogP contribution in [0.4, 0.5) is 4.39 Å². The number of H-pyrrole nitrogens is 1. The molecule has 0 aliphatic rings. The van der Waals surface area contributed by atoms with Crippen molar-refractivity contribution < 1.29 is 12.8 Å². The summed E-state index contributed by atoms with van der Waals surface area (Å²) in [5.74, 6) is -0.413. The van der Waals surface area contributed by atoms with E-state index in [1.54, 1.807) is 31.3 Å². The van der Waals surface area contributed by atoms with Gasteiger partial charge in [-0.1, -0.05) is 18.2 Å². The maximum absolute atomic E-state index is 13.6. The lowest BCUT2D eigenvalue weighted by Gasteiger charge is -2.16. The Hall–Kier alpha value is -1.70. The maximum Gasteiger partial charge on any atom is 0.244 e. The van der Waals surface area contributed by atoms with Crippen LogP contribution in [0.15, 0.2) is 41.4 Å². The molecular formula is C14H18FN3O2S. The van der Waals surface area contributed by atoms with Crippen LogP contribution in [0.5, 0.6) is 0 Å². The largest absolute Gasteiger partial charge is 0.363 e. The predicted octanol–water partition coefficient (Wildman–Crippen LogP) is 1.69. The fourth-order valence-corrected chi connectivity index (χ4v) is 3.16. The quantitative estimate of drug-likeness (QED) is 0.853. The van der Waals surface area contributed by atoms with Crippen molar-refractivity contribution >= 4 is 10.0 Å². The first-order chi connectivity index (χ1) is 9.95. The van der Waals surface area contributed by atoms with Gasteiger partial charge in [-0.25, -0.2) is 12.8 Å². The first-order valence-electron chi connectivity index (χ1n) is 6.47. The van der Waals surface area contributed by atoms with Gasteiger partial charge in [0.05, 0.1) is 4.90 Å². The van der Waals surface area contributed by atoms with Crippen LogP contribution < -0.4 is 5.32 Å². The number of nitrogens with zero attached hydrogens (tertiary/aromatic N) is 1. The van der Waals surface area contributed by atoms with Crippen LogP contribution in [0.2, 0.25) is 0 Å². The Labute approximate surface area is 123 Å². The van der Waals surface area contributed by atoms with Crippen LogP contribution in [0.3, 0.4) is 0 Å². The monoisotopic (exact) mass is 311 g/mol. The van der Waals surface area contributed by atoms with Crippen molar-refractivity contribution in [2.24, 2.45) is 0 Å². The summed E-state index contributed by atoms with van der Waals surface area (Å²) in [7, 11) is -0.430. The van der Waals surface area contributed by atoms with Gasteiger partial charge in [0, 0.05) is 37.6 Å². The lowest BCUT2D eigenvalue weighted by atomic mass is 10.2. The van der Waals surface area contributed by atoms with Crippen molar-refractivity contribution in [3.63, 3.8) is 0 Å². The second-order valence-corrected chi connectivity index (χ2v) is 6.79. The summed E-state index contributed by atoms with van der Waals surface area (Å²) in [6.07, 6.45) is 1.44. The van der Waals surface area contributed by atoms with Gasteiger partial charge in [0.2, 0.25) is 10.0 Å². The van der Waals surface area contributed by atoms with Crippen LogP contribution in [-0.4, -0.2) is 31.8 Å². The zero-order valence-electron chi connectivity index (χ0n) is 11.9. The summed E-state index contributed by atoms with van der Waals surface area (Å²) in [5.41, 5.74) is 1.12. The molecule has 0 amide bonds. The van der Waals surface area contributed by atoms with Crippen molar-refractivity contribution in [3.05, 3.63) is 53.6 Å². The van der Waals surface area contributed by atoms with Crippen molar-refractivity contribution in [1.29, 1.82) is 0 Å². The summed E-state index contributed by atoms with van der Waals surface area (Å²) in [4.78, 5) is 3.07. The topological polar surface area (TPSA) is 65.2 Å². The van der Waals surface area contributed by atoms with E-state index in [1.165, 1.54) is 19.3 Å². The average molecular weight is 311 g/mol. The molecule has 7 heteroatoms. The molecule has 2 N–H and O–H groups in total. The fourth-order valence-electron chi connectivity index (χ4n) is 1.99. The van der Waals surface area contributed by atoms with E-state index in [0.29, 0.717) is 12.1 Å². The number of sulfonamides is 1. The first kappa shape index (κ1) is 15.7. The van der Waals surface area contributed by atoms with E-state index in [1.807, 2.05) is 0 Å². The molecule has 0 radical (unpaired) electrons. The predicted molar refractivity (Wildman–Crippen MR) is 78.6 cm³/mol. The molecule has 114 valence electrons. The molecule has 0 aliphatic heterocycles. The molecule has 1 aromatic carbocycles. The Balaban J connectivity index is 2.20. The smallest absolute Gasteiger partial charge is 0.244 e. The molecule has 0 unspecified atom stereocenters. The first-order valence-corrected chi connectivity index (χ1v) is 7.91. The average Bonchev–Trinajstić information content (AvgIpc) is 2.91. The molecule has 0 bridgehead atoms. The van der Waals surface area contributed by atoms with E-state index in [0.717, 1.165) is 10.00 Å². The zero-order valence-corrected chi connectivity index (χ0v) is 12.7. The molecular weight excluding hydrogens is 293 g/mol. The maximum atomic E-state index is 13.6. The Kier molecular flexibility index (Phi) is 4.76. The van der Waals surface area contributed by atoms with E-state index in [-0.39, 0.29) is 11.4 Å². The van der Waals surface area contributed by atoms with Gasteiger partial charge in [-0.15, -0.1) is 0 Å². The molecule has 2 rings (SSSR count). The summed E-state index contributed by atoms with van der Waals surface area (Å²) < 4.78 is 39.6. The number of halogens is 1. The highest BCUT2D eigenvalue weighted by Gasteiger charge is 2.23. The molecule has 0 spiro atoms. The van der Waals surface area contributed by atoms with E-state index in [2.05, 4.69) is 10.3 Å². The van der Waals surface area contributed by atoms with Gasteiger partial charge in [0.1, 0.15) is 5.82 Å². The minimum absolute atomic E-state index is 0.0124. The van der Waals surface area contributed by atoms with Crippen molar-refractivity contribution in [2.75, 3.05) is 14.1 Å². The third-order valence-electron chi connectivity index (χ3n) is 3.14. The Morgan fingerprint density at radius 2 is 2.05 bits per heavy atom. The van der Waals surface area contributed by atoms with Crippen LogP contribution in [0, 0.1) is 5.82 Å². The molecule has 0 saturated heterocycles. The van der Waals surface area contributed by atoms with E-state index in [9.17, 15) is 12.8 Å². The molecule has 21 heavy (non-hydrogen) atoms. The third kappa shape index (κ3) is 3.49. The normalized spacial score (nSPS) is 12.0. The van der Waals surface area contributed by atoms with Crippen molar-refractivity contribution in [2.45, 2.75) is 18.0 Å². The summed E-state index contributed by atoms with van der Waals surface area (Å²) in [6.45, 7) is 0.536. The van der Waals surface area contributed by atoms with Crippen LogP contribution in [0.25, 0.3) is 0 Å². The molecule has 2 aromatic rings. The number of aromatic nitrogens is 1. The minimum Gasteiger partial charge on any atom is -0.363 e. The minimum atomic E-state index is -3.64. The van der Waals surface area contributed by atoms with Gasteiger partial charge in [0.25, 0.3) is 0 Å². The van der Waals surface area contributed by atoms with E-state index in [4.69, 9.17) is 0 Å². The number of benzene rings is 1. The van der Waals surface area contributed by atoms with Gasteiger partial charge < -0.3 is 10.3 Å². The number of hydrogen-bond acceptors (Lipinski definition) is 3. The van der Waals surface area contributed by atoms with Gasteiger partial charge in [0.15, 0.2) is 0 Å². The molecule has 1 heterocycles. The van der Waals surface area contributed by atoms with E-state index < -0.39 is 15.8 Å². The SMILES string of the molecule is CNCc1cc(S(=O)(=O)N(C)Cc2ccccc2F)c[nH]1. The fraction of sp³-hybridized carbons (Fsp3) is 0.286. The number of rotatable bonds is 6. The second-order valence-electron chi connectivity index (χ2n) is 4.74. The third-order valence-corrected chi connectivity index (χ3v) is 4.92. The number of hydrogen-bond donors (Lipinski definition) is 2. The molecule has 5 nitrogen and oxygen atoms in total. The second kappa shape index (κ2) is 6.38. The summed E-state index contributed by atoms with van der Waals surface area (Å²) in [5, 5.41) is 2.94. The van der Waals surface area contributed by atoms with Crippen LogP contribution in [0.1, 0.15) is 11.3 Å². The van der Waals surface area contributed by atoms with E-state index >= 15 is 0 Å². The van der Waals surface area contributed by atoms with Crippen molar-refractivity contribution in [1.82, 2.24) is 14.6 Å². The standard InChI is InChI=1S/C14H18FN3O2S/c1-16-8-12-7-13(9-17-12)21(19,20)18(2)10-11-5-3-4-6-14(11)15/h3-7,9,16-17H,8,10H2,1-2H3. The molecule has 0 saturated carbocycles. The lowest BCUT2D eigenvalue weighted by Crippen LogP contribution is -2.26. The Morgan fingerprint density at radius 1 is 1.33 bits per heavy atom. The van der Waals surface area contributed by atoms with Gasteiger partial charge >= 0.3 is 0 Å². The van der Waals surface area contributed by atoms with Crippen LogP contribution >= 0.6 is 0 Å². The summed E-state index contributed by atoms with van der Waals surface area (Å²) in [6, 6.07) is 7.72. The molecule has 0 aliphatic carbocycles. The Bertz CT molecular complexity index is 713. The molecule has 0 fully saturated rings. The van der Waals surface area contributed by atoms with Crippen LogP contribution in [-0.2, 0) is 23.1 Å². The van der Waals surface area contributed by atoms with Gasteiger partial charge in [-0.2, -0.15) is 4.31 Å². The highest BCUT2D eigenvalue weighted by Crippen LogP contribution is 2.18. The van der Waals surface area contributed by atoms with Gasteiger partial charge in [-0.05, 0) is 19.2 Å². The van der Waals surface area contributed by atoms with Gasteiger partial charge in [-0.3, -0.25) is 0 Å². The van der Waals surface area contributed by atoms with Crippen molar-refractivity contribution in [3.8, 4) is 0 Å². The zero-order chi connectivity index (χ0) is 15.5. The molecule has 1 aromatic heterocycles. The summed E-state index contributed by atoms with van der Waals surface area (Å²) >= 11 is 0. The number of aromatic amines is 1. The highest BCUT2D eigenvalue weighted by molar-refractivity contribution is 7.89. The number of nitrogens with one attached hydrogen (secondary N) is 2. The highest BCUT2D eigenvalue weighted by atomic mass is 32.2. The lowest BCUT2D eigenvalue weighted by molar-refractivity contribution is 0.456. The molecule has 0 atom stereocenters.